The van der Waals surface area contributed by atoms with Crippen molar-refractivity contribution in [1.29, 1.82) is 0 Å². The first kappa shape index (κ1) is 15.2. The minimum absolute atomic E-state index is 0.139. The summed E-state index contributed by atoms with van der Waals surface area (Å²) in [4.78, 5) is 12.4. The Morgan fingerprint density at radius 2 is 1.32 bits per heavy atom. The molecule has 0 aromatic heterocycles. The van der Waals surface area contributed by atoms with E-state index < -0.39 is 0 Å². The first-order chi connectivity index (χ1) is 9.27. The van der Waals surface area contributed by atoms with Crippen LogP contribution in [-0.2, 0) is 4.79 Å². The zero-order valence-electron chi connectivity index (χ0n) is 12.0. The van der Waals surface area contributed by atoms with Crippen LogP contribution in [0.25, 0.3) is 0 Å². The molecule has 2 saturated carbocycles. The molecule has 2 rings (SSSR count). The van der Waals surface area contributed by atoms with Crippen LogP contribution in [0.2, 0.25) is 0 Å². The van der Waals surface area contributed by atoms with Gasteiger partial charge in [-0.25, -0.2) is 0 Å². The summed E-state index contributed by atoms with van der Waals surface area (Å²) in [7, 11) is 0. The topological polar surface area (TPSA) is 29.1 Å². The number of carbonyl (C=O) groups is 1. The van der Waals surface area contributed by atoms with E-state index in [1.165, 1.54) is 51.4 Å². The Bertz CT molecular complexity index is 274. The summed E-state index contributed by atoms with van der Waals surface area (Å²) in [5.41, 5.74) is 0. The summed E-state index contributed by atoms with van der Waals surface area (Å²) in [5, 5.41) is 3.39. The average molecular weight is 286 g/mol. The maximum absolute atomic E-state index is 12.4. The van der Waals surface area contributed by atoms with Gasteiger partial charge < -0.3 is 5.32 Å². The molecule has 0 radical (unpaired) electrons. The van der Waals surface area contributed by atoms with Crippen LogP contribution in [0.4, 0.5) is 0 Å². The second-order valence-electron chi connectivity index (χ2n) is 6.31. The molecule has 1 N–H and O–H groups in total. The van der Waals surface area contributed by atoms with Gasteiger partial charge in [0.15, 0.2) is 0 Å². The van der Waals surface area contributed by atoms with Crippen molar-refractivity contribution in [3.05, 3.63) is 0 Å². The average Bonchev–Trinajstić information content (AvgIpc) is 2.54. The third kappa shape index (κ3) is 4.98. The molecule has 0 aromatic rings. The molecule has 0 spiro atoms. The van der Waals surface area contributed by atoms with Crippen molar-refractivity contribution in [3.8, 4) is 0 Å². The predicted octanol–water partition coefficient (Wildman–Crippen LogP) is 4.40. The van der Waals surface area contributed by atoms with Gasteiger partial charge in [-0.05, 0) is 25.7 Å². The van der Waals surface area contributed by atoms with Crippen molar-refractivity contribution in [2.45, 2.75) is 88.5 Å². The molecule has 0 aliphatic heterocycles. The molecule has 2 atom stereocenters. The summed E-state index contributed by atoms with van der Waals surface area (Å²) in [6, 6.07) is 0.210. The van der Waals surface area contributed by atoms with Crippen molar-refractivity contribution in [3.63, 3.8) is 0 Å². The minimum atomic E-state index is 0.139. The maximum Gasteiger partial charge on any atom is 0.223 e. The van der Waals surface area contributed by atoms with Crippen LogP contribution < -0.4 is 5.32 Å². The number of hydrogen-bond donors (Lipinski definition) is 1. The van der Waals surface area contributed by atoms with E-state index in [9.17, 15) is 4.79 Å². The Morgan fingerprint density at radius 3 is 2.05 bits per heavy atom. The quantitative estimate of drug-likeness (QED) is 0.591. The Labute approximate surface area is 122 Å². The molecule has 2 nitrogen and oxygen atoms in total. The molecule has 19 heavy (non-hydrogen) atoms. The summed E-state index contributed by atoms with van der Waals surface area (Å²) >= 11 is 6.41. The molecule has 2 aliphatic carbocycles. The molecule has 2 unspecified atom stereocenters. The van der Waals surface area contributed by atoms with E-state index in [2.05, 4.69) is 5.32 Å². The van der Waals surface area contributed by atoms with Gasteiger partial charge in [-0.3, -0.25) is 4.79 Å². The lowest BCUT2D eigenvalue weighted by Crippen LogP contribution is -2.43. The van der Waals surface area contributed by atoms with Gasteiger partial charge in [0.2, 0.25) is 5.91 Å². The zero-order valence-corrected chi connectivity index (χ0v) is 12.8. The van der Waals surface area contributed by atoms with Crippen LogP contribution in [0.5, 0.6) is 0 Å². The largest absolute Gasteiger partial charge is 0.352 e. The lowest BCUT2D eigenvalue weighted by Gasteiger charge is -2.25. The number of nitrogens with one attached hydrogen (secondary N) is 1. The highest BCUT2D eigenvalue weighted by atomic mass is 35.5. The van der Waals surface area contributed by atoms with Gasteiger partial charge >= 0.3 is 0 Å². The highest BCUT2D eigenvalue weighted by Crippen LogP contribution is 2.25. The minimum Gasteiger partial charge on any atom is -0.352 e. The first-order valence-electron chi connectivity index (χ1n) is 8.22. The van der Waals surface area contributed by atoms with Crippen LogP contribution in [-0.4, -0.2) is 17.3 Å². The molecule has 0 saturated heterocycles. The monoisotopic (exact) mass is 285 g/mol. The number of amides is 1. The molecule has 2 aliphatic rings. The van der Waals surface area contributed by atoms with Crippen molar-refractivity contribution in [1.82, 2.24) is 5.32 Å². The number of halogens is 1. The molecule has 2 fully saturated rings. The Kier molecular flexibility index (Phi) is 6.49. The fraction of sp³-hybridized carbons (Fsp3) is 0.938. The van der Waals surface area contributed by atoms with Gasteiger partial charge in [0.1, 0.15) is 0 Å². The molecular formula is C16H28ClNO. The summed E-state index contributed by atoms with van der Waals surface area (Å²) in [6.07, 6.45) is 14.3. The fourth-order valence-corrected chi connectivity index (χ4v) is 3.79. The fourth-order valence-electron chi connectivity index (χ4n) is 3.44. The molecular weight excluding hydrogens is 258 g/mol. The van der Waals surface area contributed by atoms with Crippen molar-refractivity contribution in [2.75, 3.05) is 0 Å². The van der Waals surface area contributed by atoms with E-state index in [1.54, 1.807) is 0 Å². The van der Waals surface area contributed by atoms with E-state index in [0.29, 0.717) is 0 Å². The summed E-state index contributed by atoms with van der Waals surface area (Å²) in [6.45, 7) is 0. The van der Waals surface area contributed by atoms with Crippen LogP contribution in [0.15, 0.2) is 0 Å². The van der Waals surface area contributed by atoms with Crippen LogP contribution >= 0.6 is 11.6 Å². The lowest BCUT2D eigenvalue weighted by atomic mass is 9.90. The van der Waals surface area contributed by atoms with Gasteiger partial charge in [0, 0.05) is 12.0 Å². The van der Waals surface area contributed by atoms with Crippen molar-refractivity contribution in [2.24, 2.45) is 5.92 Å². The molecule has 3 heteroatoms. The first-order valence-corrected chi connectivity index (χ1v) is 8.65. The molecule has 0 bridgehead atoms. The van der Waals surface area contributed by atoms with Gasteiger partial charge in [-0.1, -0.05) is 51.4 Å². The Hall–Kier alpha value is -0.240. The smallest absolute Gasteiger partial charge is 0.223 e. The highest BCUT2D eigenvalue weighted by molar-refractivity contribution is 6.21. The Morgan fingerprint density at radius 1 is 0.789 bits per heavy atom. The second-order valence-corrected chi connectivity index (χ2v) is 6.87. The molecule has 0 aromatic carbocycles. The second kappa shape index (κ2) is 8.14. The number of hydrogen-bond acceptors (Lipinski definition) is 1. The van der Waals surface area contributed by atoms with Gasteiger partial charge in [-0.15, -0.1) is 11.6 Å². The van der Waals surface area contributed by atoms with E-state index in [0.717, 1.165) is 25.7 Å². The number of rotatable bonds is 2. The van der Waals surface area contributed by atoms with E-state index >= 15 is 0 Å². The normalized spacial score (nSPS) is 31.0. The number of carbonyl (C=O) groups excluding carboxylic acids is 1. The van der Waals surface area contributed by atoms with Crippen molar-refractivity contribution >= 4 is 17.5 Å². The summed E-state index contributed by atoms with van der Waals surface area (Å²) < 4.78 is 0. The van der Waals surface area contributed by atoms with Crippen LogP contribution in [0.1, 0.15) is 77.0 Å². The maximum atomic E-state index is 12.4. The van der Waals surface area contributed by atoms with Gasteiger partial charge in [0.05, 0.1) is 5.38 Å². The third-order valence-corrected chi connectivity index (χ3v) is 5.26. The Balaban J connectivity index is 1.83. The molecule has 1 amide bonds. The zero-order chi connectivity index (χ0) is 13.5. The summed E-state index contributed by atoms with van der Waals surface area (Å²) in [5.74, 6) is 0.520. The standard InChI is InChI=1S/C16H28ClNO/c17-14-11-7-4-8-12-15(14)18-16(19)13-9-5-2-1-3-6-10-13/h13-15H,1-12H2,(H,18,19). The van der Waals surface area contributed by atoms with Crippen LogP contribution in [0.3, 0.4) is 0 Å². The van der Waals surface area contributed by atoms with E-state index in [-0.39, 0.29) is 23.2 Å². The van der Waals surface area contributed by atoms with Crippen molar-refractivity contribution < 1.29 is 4.79 Å². The highest BCUT2D eigenvalue weighted by Gasteiger charge is 2.26. The van der Waals surface area contributed by atoms with Gasteiger partial charge in [-0.2, -0.15) is 0 Å². The predicted molar refractivity (Wildman–Crippen MR) is 80.5 cm³/mol. The van der Waals surface area contributed by atoms with Gasteiger partial charge in [0.25, 0.3) is 0 Å². The lowest BCUT2D eigenvalue weighted by molar-refractivity contribution is -0.126. The molecule has 110 valence electrons. The molecule has 0 heterocycles. The third-order valence-electron chi connectivity index (χ3n) is 4.74. The van der Waals surface area contributed by atoms with E-state index in [4.69, 9.17) is 11.6 Å². The van der Waals surface area contributed by atoms with Crippen LogP contribution in [0, 0.1) is 5.92 Å². The SMILES string of the molecule is O=C(NC1CCCCCC1Cl)C1CCCCCCC1. The number of alkyl halides is 1. The van der Waals surface area contributed by atoms with E-state index in [1.807, 2.05) is 0 Å².